The lowest BCUT2D eigenvalue weighted by atomic mass is 10.1. The van der Waals surface area contributed by atoms with Crippen LogP contribution in [0.25, 0.3) is 0 Å². The van der Waals surface area contributed by atoms with E-state index in [9.17, 15) is 5.11 Å². The van der Waals surface area contributed by atoms with Crippen LogP contribution in [0.4, 0.5) is 0 Å². The molecule has 0 heterocycles. The first-order chi connectivity index (χ1) is 7.31. The summed E-state index contributed by atoms with van der Waals surface area (Å²) in [5.41, 5.74) is 1.28. The van der Waals surface area contributed by atoms with Gasteiger partial charge in [-0.05, 0) is 6.92 Å². The molecule has 0 amide bonds. The largest absolute Gasteiger partial charge is 0.394 e. The van der Waals surface area contributed by atoms with Crippen LogP contribution in [0.15, 0.2) is 11.6 Å². The van der Waals surface area contributed by atoms with Crippen LogP contribution in [-0.2, 0) is 0 Å². The molecule has 2 atom stereocenters. The van der Waals surface area contributed by atoms with Crippen molar-refractivity contribution in [3.05, 3.63) is 11.6 Å². The van der Waals surface area contributed by atoms with Crippen molar-refractivity contribution >= 4 is 24.2 Å². The van der Waals surface area contributed by atoms with Crippen molar-refractivity contribution in [3.63, 3.8) is 0 Å². The fourth-order valence-corrected chi connectivity index (χ4v) is 0.641. The third-order valence-electron chi connectivity index (χ3n) is 1.60. The van der Waals surface area contributed by atoms with E-state index in [0.717, 1.165) is 0 Å². The Kier molecular flexibility index (Phi) is 12.0. The average Bonchev–Trinajstić information content (AvgIpc) is 2.26. The van der Waals surface area contributed by atoms with E-state index in [1.54, 1.807) is 0 Å². The molecule has 0 saturated carbocycles. The van der Waals surface area contributed by atoms with Crippen LogP contribution >= 0.6 is 24.2 Å². The highest BCUT2D eigenvalue weighted by atomic mass is 35.5. The molecule has 0 aliphatic heterocycles. The first-order valence-electron chi connectivity index (χ1n) is 4.59. The minimum absolute atomic E-state index is 0.233. The second-order valence-electron chi connectivity index (χ2n) is 3.14. The molecule has 7 heteroatoms. The van der Waals surface area contributed by atoms with Crippen LogP contribution in [0, 0.1) is 0 Å². The molecule has 98 valence electrons. The summed E-state index contributed by atoms with van der Waals surface area (Å²) in [6.07, 6.45) is -0.0628. The molecule has 5 nitrogen and oxygen atoms in total. The highest BCUT2D eigenvalue weighted by molar-refractivity contribution is 7.81. The maximum atomic E-state index is 9.23. The average molecular weight is 275 g/mol. The fraction of sp³-hybridized carbons (Fsp3) is 0.778. The molecular formula is C9H19ClO5S. The molecule has 0 spiro atoms. The number of halogens is 1. The van der Waals surface area contributed by atoms with Gasteiger partial charge in [-0.15, -0.1) is 12.6 Å². The van der Waals surface area contributed by atoms with Gasteiger partial charge in [-0.1, -0.05) is 17.7 Å². The second kappa shape index (κ2) is 10.3. The molecule has 2 unspecified atom stereocenters. The maximum Gasteiger partial charge on any atom is 0.136 e. The molecule has 0 fully saturated rings. The van der Waals surface area contributed by atoms with E-state index in [-0.39, 0.29) is 19.6 Å². The van der Waals surface area contributed by atoms with Crippen molar-refractivity contribution in [2.75, 3.05) is 13.2 Å². The third kappa shape index (κ3) is 10.7. The van der Waals surface area contributed by atoms with Crippen LogP contribution in [0.1, 0.15) is 13.3 Å². The van der Waals surface area contributed by atoms with Crippen LogP contribution in [0.2, 0.25) is 0 Å². The van der Waals surface area contributed by atoms with Gasteiger partial charge in [-0.25, -0.2) is 0 Å². The van der Waals surface area contributed by atoms with E-state index in [1.807, 2.05) is 0 Å². The summed E-state index contributed by atoms with van der Waals surface area (Å²) in [5, 5.41) is 42.1. The number of hydrogen-bond donors (Lipinski definition) is 6. The van der Waals surface area contributed by atoms with Gasteiger partial charge in [0.2, 0.25) is 0 Å². The Bertz CT molecular complexity index is 183. The summed E-state index contributed by atoms with van der Waals surface area (Å²) in [4.78, 5) is -1.37. The van der Waals surface area contributed by atoms with Gasteiger partial charge in [-0.2, -0.15) is 0 Å². The predicted octanol–water partition coefficient (Wildman–Crippen LogP) is -0.540. The molecule has 0 aliphatic rings. The molecule has 0 aromatic rings. The Hall–Kier alpha value is 0.180. The predicted molar refractivity (Wildman–Crippen MR) is 65.4 cm³/mol. The molecule has 0 aromatic carbocycles. The van der Waals surface area contributed by atoms with Crippen molar-refractivity contribution in [1.29, 1.82) is 0 Å². The Morgan fingerprint density at radius 3 is 1.94 bits per heavy atom. The van der Waals surface area contributed by atoms with Crippen molar-refractivity contribution in [3.8, 4) is 0 Å². The minimum Gasteiger partial charge on any atom is -0.394 e. The molecule has 0 radical (unpaired) electrons. The lowest BCUT2D eigenvalue weighted by Gasteiger charge is -2.23. The van der Waals surface area contributed by atoms with E-state index in [4.69, 9.17) is 32.0 Å². The SMILES string of the molecule is CC(O)C(O)(S)C/C=C/Cl.OCC(O)CO. The maximum absolute atomic E-state index is 9.23. The first-order valence-corrected chi connectivity index (χ1v) is 5.48. The van der Waals surface area contributed by atoms with Gasteiger partial charge in [0.15, 0.2) is 0 Å². The minimum atomic E-state index is -1.37. The second-order valence-corrected chi connectivity index (χ2v) is 4.17. The first kappa shape index (κ1) is 18.5. The van der Waals surface area contributed by atoms with Crippen molar-refractivity contribution in [2.24, 2.45) is 0 Å². The lowest BCUT2D eigenvalue weighted by molar-refractivity contribution is 0.00829. The fourth-order valence-electron chi connectivity index (χ4n) is 0.446. The molecule has 0 aliphatic carbocycles. The van der Waals surface area contributed by atoms with Gasteiger partial charge in [0.25, 0.3) is 0 Å². The summed E-state index contributed by atoms with van der Waals surface area (Å²) < 4.78 is 0. The lowest BCUT2D eigenvalue weighted by Crippen LogP contribution is -2.33. The zero-order valence-electron chi connectivity index (χ0n) is 8.99. The number of aliphatic hydroxyl groups excluding tert-OH is 4. The van der Waals surface area contributed by atoms with Crippen LogP contribution in [-0.4, -0.2) is 55.9 Å². The van der Waals surface area contributed by atoms with Gasteiger partial charge in [-0.3, -0.25) is 0 Å². The van der Waals surface area contributed by atoms with Crippen molar-refractivity contribution < 1.29 is 25.5 Å². The molecule has 0 bridgehead atoms. The standard InChI is InChI=1S/C6H11ClO2S.C3H8O3/c1-5(8)6(9,10)3-2-4-7;4-1-3(6)2-5/h2,4-5,8-10H,3H2,1H3;3-6H,1-2H2/b4-2+;. The molecule has 0 aromatic heterocycles. The summed E-state index contributed by atoms with van der Waals surface area (Å²) in [6, 6.07) is 0. The van der Waals surface area contributed by atoms with E-state index in [1.165, 1.54) is 18.5 Å². The van der Waals surface area contributed by atoms with Crippen LogP contribution < -0.4 is 0 Å². The molecule has 5 N–H and O–H groups in total. The number of thiol groups is 1. The van der Waals surface area contributed by atoms with Gasteiger partial charge in [0, 0.05) is 12.0 Å². The van der Waals surface area contributed by atoms with Crippen LogP contribution in [0.5, 0.6) is 0 Å². The normalized spacial score (nSPS) is 16.8. The summed E-state index contributed by atoms with van der Waals surface area (Å²) in [6.45, 7) is 0.738. The quantitative estimate of drug-likeness (QED) is 0.299. The summed E-state index contributed by atoms with van der Waals surface area (Å²) >= 11 is 9.02. The highest BCUT2D eigenvalue weighted by Gasteiger charge is 2.25. The van der Waals surface area contributed by atoms with Gasteiger partial charge in [0.1, 0.15) is 11.0 Å². The molecule has 0 saturated heterocycles. The van der Waals surface area contributed by atoms with Gasteiger partial charge in [0.05, 0.1) is 19.3 Å². The zero-order chi connectivity index (χ0) is 13.2. The number of hydrogen-bond acceptors (Lipinski definition) is 6. The van der Waals surface area contributed by atoms with E-state index in [0.29, 0.717) is 0 Å². The van der Waals surface area contributed by atoms with Crippen molar-refractivity contribution in [2.45, 2.75) is 30.5 Å². The molecular weight excluding hydrogens is 256 g/mol. The zero-order valence-corrected chi connectivity index (χ0v) is 10.6. The Balaban J connectivity index is 0. The van der Waals surface area contributed by atoms with Crippen molar-refractivity contribution in [1.82, 2.24) is 0 Å². The number of rotatable bonds is 5. The Morgan fingerprint density at radius 1 is 1.31 bits per heavy atom. The van der Waals surface area contributed by atoms with Gasteiger partial charge >= 0.3 is 0 Å². The topological polar surface area (TPSA) is 101 Å². The van der Waals surface area contributed by atoms with E-state index < -0.39 is 17.1 Å². The highest BCUT2D eigenvalue weighted by Crippen LogP contribution is 2.20. The smallest absolute Gasteiger partial charge is 0.136 e. The molecule has 16 heavy (non-hydrogen) atoms. The third-order valence-corrected chi connectivity index (χ3v) is 2.33. The van der Waals surface area contributed by atoms with Gasteiger partial charge < -0.3 is 25.5 Å². The molecule has 0 rings (SSSR count). The monoisotopic (exact) mass is 274 g/mol. The summed E-state index contributed by atoms with van der Waals surface area (Å²) in [5.74, 6) is 0. The van der Waals surface area contributed by atoms with E-state index in [2.05, 4.69) is 12.6 Å². The van der Waals surface area contributed by atoms with Crippen LogP contribution in [0.3, 0.4) is 0 Å². The Labute approximate surface area is 105 Å². The number of aliphatic hydroxyl groups is 5. The van der Waals surface area contributed by atoms with E-state index >= 15 is 0 Å². The Morgan fingerprint density at radius 2 is 1.75 bits per heavy atom. The summed E-state index contributed by atoms with van der Waals surface area (Å²) in [7, 11) is 0.